The molecule has 0 radical (unpaired) electrons. The Bertz CT molecular complexity index is 1360. The van der Waals surface area contributed by atoms with Crippen molar-refractivity contribution in [2.45, 2.75) is 51.3 Å². The molecule has 2 aromatic heterocycles. The van der Waals surface area contributed by atoms with Gasteiger partial charge in [0.2, 0.25) is 10.0 Å². The number of nitrogens with one attached hydrogen (secondary N) is 1. The fourth-order valence-electron chi connectivity index (χ4n) is 4.45. The van der Waals surface area contributed by atoms with Crippen LogP contribution in [-0.4, -0.2) is 65.7 Å². The Balaban J connectivity index is 1.71. The van der Waals surface area contributed by atoms with Crippen molar-refractivity contribution in [3.8, 4) is 17.1 Å². The first-order valence-electron chi connectivity index (χ1n) is 12.0. The Hall–Kier alpha value is -2.76. The van der Waals surface area contributed by atoms with Gasteiger partial charge in [-0.3, -0.25) is 4.79 Å². The number of sulfonamides is 1. The molecule has 0 aliphatic carbocycles. The van der Waals surface area contributed by atoms with Crippen LogP contribution in [0.25, 0.3) is 16.9 Å². The van der Waals surface area contributed by atoms with Crippen LogP contribution in [0, 0.1) is 12.8 Å². The maximum atomic E-state index is 13.3. The fraction of sp³-hybridized carbons (Fsp3) is 0.542. The molecule has 3 heterocycles. The summed E-state index contributed by atoms with van der Waals surface area (Å²) in [5.74, 6) is 1.71. The van der Waals surface area contributed by atoms with Crippen LogP contribution in [0.3, 0.4) is 0 Å². The van der Waals surface area contributed by atoms with Gasteiger partial charge in [0.15, 0.2) is 11.3 Å². The molecule has 1 aliphatic heterocycles. The van der Waals surface area contributed by atoms with E-state index in [1.807, 2.05) is 13.8 Å². The normalized spacial score (nSPS) is 15.0. The smallest absolute Gasteiger partial charge is 0.277 e. The van der Waals surface area contributed by atoms with E-state index in [9.17, 15) is 13.2 Å². The van der Waals surface area contributed by atoms with Gasteiger partial charge in [0.25, 0.3) is 5.56 Å². The minimum atomic E-state index is -3.69. The van der Waals surface area contributed by atoms with E-state index in [0.717, 1.165) is 19.3 Å². The minimum Gasteiger partial charge on any atom is -0.493 e. The molecule has 0 amide bonds. The molecule has 1 saturated heterocycles. The molecule has 1 N–H and O–H groups in total. The second kappa shape index (κ2) is 10.5. The molecule has 10 nitrogen and oxygen atoms in total. The van der Waals surface area contributed by atoms with Crippen molar-refractivity contribution in [2.24, 2.45) is 5.92 Å². The lowest BCUT2D eigenvalue weighted by Crippen LogP contribution is -2.49. The standard InChI is InChI=1S/C24H33N5O5S/c1-5-8-21-25-16(3)22-24(30)26-23(27-29(21)22)19-13-18(10-11-20(19)34-6-2)35(31,32)28-14-17(15-28)9-7-12-33-4/h10-11,13,17H,5-9,12,14-15H2,1-4H3,(H,26,27,30). The van der Waals surface area contributed by atoms with E-state index in [0.29, 0.717) is 67.0 Å². The Morgan fingerprint density at radius 1 is 1.23 bits per heavy atom. The van der Waals surface area contributed by atoms with E-state index in [2.05, 4.69) is 15.1 Å². The Morgan fingerprint density at radius 3 is 2.69 bits per heavy atom. The van der Waals surface area contributed by atoms with Crippen LogP contribution in [-0.2, 0) is 21.2 Å². The lowest BCUT2D eigenvalue weighted by Gasteiger charge is -2.38. The molecule has 0 saturated carbocycles. The van der Waals surface area contributed by atoms with Gasteiger partial charge in [0.05, 0.1) is 22.8 Å². The van der Waals surface area contributed by atoms with Crippen molar-refractivity contribution >= 4 is 15.5 Å². The number of aromatic nitrogens is 4. The van der Waals surface area contributed by atoms with Crippen molar-refractivity contribution in [3.63, 3.8) is 0 Å². The largest absolute Gasteiger partial charge is 0.493 e. The van der Waals surface area contributed by atoms with Crippen molar-refractivity contribution in [1.29, 1.82) is 0 Å². The molecule has 0 atom stereocenters. The lowest BCUT2D eigenvalue weighted by molar-refractivity contribution is 0.151. The van der Waals surface area contributed by atoms with Gasteiger partial charge in [-0.25, -0.2) is 17.9 Å². The van der Waals surface area contributed by atoms with Crippen molar-refractivity contribution in [3.05, 3.63) is 40.1 Å². The zero-order valence-corrected chi connectivity index (χ0v) is 21.5. The van der Waals surface area contributed by atoms with E-state index < -0.39 is 10.0 Å². The van der Waals surface area contributed by atoms with Gasteiger partial charge in [-0.2, -0.15) is 4.31 Å². The monoisotopic (exact) mass is 503 g/mol. The van der Waals surface area contributed by atoms with Crippen LogP contribution in [0.5, 0.6) is 5.75 Å². The highest BCUT2D eigenvalue weighted by Gasteiger charge is 2.36. The molecule has 3 aromatic rings. The summed E-state index contributed by atoms with van der Waals surface area (Å²) in [4.78, 5) is 20.4. The Labute approximate surface area is 205 Å². The van der Waals surface area contributed by atoms with Crippen molar-refractivity contribution < 1.29 is 17.9 Å². The van der Waals surface area contributed by atoms with Gasteiger partial charge in [-0.1, -0.05) is 6.92 Å². The average molecular weight is 504 g/mol. The molecule has 1 aromatic carbocycles. The average Bonchev–Trinajstić information content (AvgIpc) is 3.11. The summed E-state index contributed by atoms with van der Waals surface area (Å²) in [7, 11) is -2.02. The number of benzene rings is 1. The summed E-state index contributed by atoms with van der Waals surface area (Å²) >= 11 is 0. The van der Waals surface area contributed by atoms with E-state index in [-0.39, 0.29) is 16.3 Å². The lowest BCUT2D eigenvalue weighted by atomic mass is 9.98. The number of hydrogen-bond acceptors (Lipinski definition) is 7. The number of rotatable bonds is 11. The van der Waals surface area contributed by atoms with Gasteiger partial charge in [0.1, 0.15) is 11.6 Å². The minimum absolute atomic E-state index is 0.143. The van der Waals surface area contributed by atoms with E-state index in [1.54, 1.807) is 30.7 Å². The van der Waals surface area contributed by atoms with Crippen molar-refractivity contribution in [1.82, 2.24) is 23.9 Å². The van der Waals surface area contributed by atoms with Gasteiger partial charge < -0.3 is 14.5 Å². The van der Waals surface area contributed by atoms with Crippen LogP contribution < -0.4 is 10.3 Å². The molecule has 35 heavy (non-hydrogen) atoms. The van der Waals surface area contributed by atoms with Crippen molar-refractivity contribution in [2.75, 3.05) is 33.4 Å². The number of fused-ring (bicyclic) bond motifs is 1. The first kappa shape index (κ1) is 25.3. The molecule has 1 fully saturated rings. The molecule has 4 rings (SSSR count). The maximum absolute atomic E-state index is 13.3. The van der Waals surface area contributed by atoms with Crippen LogP contribution in [0.2, 0.25) is 0 Å². The summed E-state index contributed by atoms with van der Waals surface area (Å²) in [6.45, 7) is 7.69. The number of ether oxygens (including phenoxy) is 2. The fourth-order valence-corrected chi connectivity index (χ4v) is 6.06. The third-order valence-electron chi connectivity index (χ3n) is 6.24. The number of aromatic amines is 1. The highest BCUT2D eigenvalue weighted by molar-refractivity contribution is 7.89. The zero-order valence-electron chi connectivity index (χ0n) is 20.7. The van der Waals surface area contributed by atoms with Crippen LogP contribution >= 0.6 is 0 Å². The summed E-state index contributed by atoms with van der Waals surface area (Å²) in [5, 5.41) is 4.64. The molecular formula is C24H33N5O5S. The van der Waals surface area contributed by atoms with Crippen LogP contribution in [0.4, 0.5) is 0 Å². The molecule has 0 bridgehead atoms. The number of hydrogen-bond donors (Lipinski definition) is 1. The highest BCUT2D eigenvalue weighted by atomic mass is 32.2. The highest BCUT2D eigenvalue weighted by Crippen LogP contribution is 2.34. The van der Waals surface area contributed by atoms with E-state index in [4.69, 9.17) is 9.47 Å². The maximum Gasteiger partial charge on any atom is 0.277 e. The number of imidazole rings is 1. The third-order valence-corrected chi connectivity index (χ3v) is 8.07. The molecule has 11 heteroatoms. The van der Waals surface area contributed by atoms with E-state index in [1.165, 1.54) is 10.4 Å². The van der Waals surface area contributed by atoms with Gasteiger partial charge in [-0.15, -0.1) is 5.10 Å². The quantitative estimate of drug-likeness (QED) is 0.400. The third kappa shape index (κ3) is 4.98. The first-order chi connectivity index (χ1) is 16.8. The van der Waals surface area contributed by atoms with Gasteiger partial charge >= 0.3 is 0 Å². The first-order valence-corrected chi connectivity index (χ1v) is 13.5. The van der Waals surface area contributed by atoms with E-state index >= 15 is 0 Å². The SMILES string of the molecule is CCCc1nc(C)c2c(=O)[nH]c(-c3cc(S(=O)(=O)N4CC(CCCOC)C4)ccc3OCC)nn12. The summed E-state index contributed by atoms with van der Waals surface area (Å²) in [5.41, 5.74) is 1.07. The second-order valence-electron chi connectivity index (χ2n) is 8.84. The molecule has 0 unspecified atom stereocenters. The summed E-state index contributed by atoms with van der Waals surface area (Å²) in [6, 6.07) is 4.70. The molecular weight excluding hydrogens is 470 g/mol. The Morgan fingerprint density at radius 2 is 2.00 bits per heavy atom. The summed E-state index contributed by atoms with van der Waals surface area (Å²) in [6.07, 6.45) is 3.36. The Kier molecular flexibility index (Phi) is 7.58. The number of methoxy groups -OCH3 is 1. The number of aryl methyl sites for hydroxylation is 2. The predicted molar refractivity (Wildman–Crippen MR) is 132 cm³/mol. The topological polar surface area (TPSA) is 119 Å². The molecule has 190 valence electrons. The zero-order chi connectivity index (χ0) is 25.2. The number of H-pyrrole nitrogens is 1. The number of nitrogens with zero attached hydrogens (tertiary/aromatic N) is 4. The predicted octanol–water partition coefficient (Wildman–Crippen LogP) is 2.79. The van der Waals surface area contributed by atoms with Gasteiger partial charge in [0, 0.05) is 33.2 Å². The second-order valence-corrected chi connectivity index (χ2v) is 10.8. The van der Waals surface area contributed by atoms with Crippen LogP contribution in [0.1, 0.15) is 44.6 Å². The van der Waals surface area contributed by atoms with Crippen LogP contribution in [0.15, 0.2) is 27.9 Å². The molecule has 1 aliphatic rings. The summed E-state index contributed by atoms with van der Waals surface area (Å²) < 4.78 is 40.5. The van der Waals surface area contributed by atoms with Gasteiger partial charge in [-0.05, 0) is 57.2 Å². The molecule has 0 spiro atoms.